The van der Waals surface area contributed by atoms with E-state index in [0.29, 0.717) is 18.5 Å². The highest BCUT2D eigenvalue weighted by atomic mass is 16.5. The molecule has 1 aliphatic rings. The highest BCUT2D eigenvalue weighted by Crippen LogP contribution is 2.27. The molecule has 1 aromatic carbocycles. The Morgan fingerprint density at radius 3 is 2.21 bits per heavy atom. The summed E-state index contributed by atoms with van der Waals surface area (Å²) in [5.41, 5.74) is 1.65. The third-order valence-corrected chi connectivity index (χ3v) is 4.76. The summed E-state index contributed by atoms with van der Waals surface area (Å²) >= 11 is 0. The van der Waals surface area contributed by atoms with Gasteiger partial charge in [0.15, 0.2) is 6.61 Å². The molecule has 4 amide bonds. The summed E-state index contributed by atoms with van der Waals surface area (Å²) in [5, 5.41) is 5.39. The van der Waals surface area contributed by atoms with Gasteiger partial charge in [-0.2, -0.15) is 0 Å². The second kappa shape index (κ2) is 9.54. The molecule has 0 aromatic heterocycles. The number of hydrogen-bond donors (Lipinski definition) is 2. The van der Waals surface area contributed by atoms with Gasteiger partial charge >= 0.3 is 12.0 Å². The van der Waals surface area contributed by atoms with Crippen molar-refractivity contribution in [3.8, 4) is 0 Å². The maximum Gasteiger partial charge on any atom is 0.326 e. The van der Waals surface area contributed by atoms with Gasteiger partial charge in [0.05, 0.1) is 0 Å². The first-order valence-electron chi connectivity index (χ1n) is 9.88. The van der Waals surface area contributed by atoms with E-state index in [1.807, 2.05) is 33.8 Å². The SMILES string of the molecule is CCCC1(CCC)NC(=O)N(CC(=O)OCC(=O)Nc2cc(C)cc(C)c2)C1=O. The van der Waals surface area contributed by atoms with Crippen LogP contribution < -0.4 is 10.6 Å². The van der Waals surface area contributed by atoms with E-state index in [0.717, 1.165) is 28.9 Å². The molecule has 2 rings (SSSR count). The molecule has 29 heavy (non-hydrogen) atoms. The standard InChI is InChI=1S/C21H29N3O5/c1-5-7-21(8-6-2)19(27)24(20(28)23-21)12-18(26)29-13-17(25)22-16-10-14(3)9-15(4)11-16/h9-11H,5-8,12-13H2,1-4H3,(H,22,25)(H,23,28). The van der Waals surface area contributed by atoms with Crippen LogP contribution in [-0.2, 0) is 19.1 Å². The first-order chi connectivity index (χ1) is 13.7. The lowest BCUT2D eigenvalue weighted by atomic mass is 9.88. The maximum atomic E-state index is 12.8. The number of nitrogens with zero attached hydrogens (tertiary/aromatic N) is 1. The lowest BCUT2D eigenvalue weighted by Gasteiger charge is -2.25. The number of rotatable bonds is 9. The first kappa shape index (κ1) is 22.4. The third-order valence-electron chi connectivity index (χ3n) is 4.76. The second-order valence-corrected chi connectivity index (χ2v) is 7.49. The van der Waals surface area contributed by atoms with Crippen molar-refractivity contribution < 1.29 is 23.9 Å². The van der Waals surface area contributed by atoms with Crippen LogP contribution >= 0.6 is 0 Å². The van der Waals surface area contributed by atoms with Gasteiger partial charge in [-0.25, -0.2) is 4.79 Å². The Bertz CT molecular complexity index is 779. The van der Waals surface area contributed by atoms with Gasteiger partial charge in [-0.15, -0.1) is 0 Å². The van der Waals surface area contributed by atoms with Crippen molar-refractivity contribution in [1.82, 2.24) is 10.2 Å². The highest BCUT2D eigenvalue weighted by Gasteiger charge is 2.50. The fraction of sp³-hybridized carbons (Fsp3) is 0.524. The number of carbonyl (C=O) groups is 4. The van der Waals surface area contributed by atoms with Crippen LogP contribution in [0.1, 0.15) is 50.7 Å². The predicted octanol–water partition coefficient (Wildman–Crippen LogP) is 2.68. The molecular formula is C21H29N3O5. The molecule has 1 fully saturated rings. The molecule has 0 saturated carbocycles. The summed E-state index contributed by atoms with van der Waals surface area (Å²) in [5.74, 6) is -1.72. The molecule has 8 heteroatoms. The quantitative estimate of drug-likeness (QED) is 0.487. The van der Waals surface area contributed by atoms with E-state index < -0.39 is 42.5 Å². The van der Waals surface area contributed by atoms with Crippen molar-refractivity contribution in [2.24, 2.45) is 0 Å². The molecule has 2 N–H and O–H groups in total. The monoisotopic (exact) mass is 403 g/mol. The first-order valence-corrected chi connectivity index (χ1v) is 9.88. The molecule has 1 aliphatic heterocycles. The van der Waals surface area contributed by atoms with Gasteiger partial charge in [0, 0.05) is 5.69 Å². The molecule has 1 heterocycles. The van der Waals surface area contributed by atoms with Crippen LogP contribution in [0.25, 0.3) is 0 Å². The lowest BCUT2D eigenvalue weighted by Crippen LogP contribution is -2.47. The largest absolute Gasteiger partial charge is 0.454 e. The Labute approximate surface area is 171 Å². The molecule has 158 valence electrons. The van der Waals surface area contributed by atoms with Gasteiger partial charge in [0.1, 0.15) is 12.1 Å². The summed E-state index contributed by atoms with van der Waals surface area (Å²) in [6.45, 7) is 6.68. The Morgan fingerprint density at radius 1 is 1.07 bits per heavy atom. The third kappa shape index (κ3) is 5.56. The number of urea groups is 1. The number of hydrogen-bond acceptors (Lipinski definition) is 5. The number of imide groups is 1. The highest BCUT2D eigenvalue weighted by molar-refractivity contribution is 6.08. The zero-order valence-corrected chi connectivity index (χ0v) is 17.5. The molecule has 0 radical (unpaired) electrons. The summed E-state index contributed by atoms with van der Waals surface area (Å²) < 4.78 is 4.96. The number of nitrogens with one attached hydrogen (secondary N) is 2. The summed E-state index contributed by atoms with van der Waals surface area (Å²) in [4.78, 5) is 50.0. The second-order valence-electron chi connectivity index (χ2n) is 7.49. The summed E-state index contributed by atoms with van der Waals surface area (Å²) in [7, 11) is 0. The van der Waals surface area contributed by atoms with Crippen molar-refractivity contribution in [3.63, 3.8) is 0 Å². The average Bonchev–Trinajstić information content (AvgIpc) is 2.84. The molecule has 1 saturated heterocycles. The number of ether oxygens (including phenoxy) is 1. The van der Waals surface area contributed by atoms with Gasteiger partial charge in [0.2, 0.25) is 0 Å². The Kier molecular flexibility index (Phi) is 7.36. The fourth-order valence-corrected chi connectivity index (χ4v) is 3.70. The molecule has 8 nitrogen and oxygen atoms in total. The van der Waals surface area contributed by atoms with Crippen LogP contribution in [0, 0.1) is 13.8 Å². The van der Waals surface area contributed by atoms with E-state index in [4.69, 9.17) is 4.74 Å². The Balaban J connectivity index is 1.90. The van der Waals surface area contributed by atoms with E-state index in [2.05, 4.69) is 10.6 Å². The molecule has 0 spiro atoms. The van der Waals surface area contributed by atoms with Crippen LogP contribution in [0.4, 0.5) is 10.5 Å². The fourth-order valence-electron chi connectivity index (χ4n) is 3.70. The molecule has 0 bridgehead atoms. The van der Waals surface area contributed by atoms with Crippen LogP contribution in [0.15, 0.2) is 18.2 Å². The van der Waals surface area contributed by atoms with E-state index in [1.165, 1.54) is 0 Å². The zero-order valence-electron chi connectivity index (χ0n) is 17.5. The lowest BCUT2D eigenvalue weighted by molar-refractivity contribution is -0.150. The van der Waals surface area contributed by atoms with Crippen molar-refractivity contribution in [1.29, 1.82) is 0 Å². The van der Waals surface area contributed by atoms with E-state index in [1.54, 1.807) is 12.1 Å². The van der Waals surface area contributed by atoms with E-state index >= 15 is 0 Å². The van der Waals surface area contributed by atoms with Crippen LogP contribution in [0.2, 0.25) is 0 Å². The van der Waals surface area contributed by atoms with Gasteiger partial charge in [0.25, 0.3) is 11.8 Å². The number of carbonyl (C=O) groups excluding carboxylic acids is 4. The van der Waals surface area contributed by atoms with Crippen molar-refractivity contribution >= 4 is 29.5 Å². The minimum absolute atomic E-state index is 0.414. The van der Waals surface area contributed by atoms with Crippen molar-refractivity contribution in [2.75, 3.05) is 18.5 Å². The van der Waals surface area contributed by atoms with Gasteiger partial charge in [-0.1, -0.05) is 32.8 Å². The molecule has 0 atom stereocenters. The number of anilines is 1. The zero-order chi connectivity index (χ0) is 21.6. The predicted molar refractivity (Wildman–Crippen MR) is 108 cm³/mol. The van der Waals surface area contributed by atoms with Gasteiger partial charge in [-0.05, 0) is 49.9 Å². The van der Waals surface area contributed by atoms with Crippen molar-refractivity contribution in [2.45, 2.75) is 58.9 Å². The number of aryl methyl sites for hydroxylation is 2. The summed E-state index contributed by atoms with van der Waals surface area (Å²) in [6.07, 6.45) is 2.47. The topological polar surface area (TPSA) is 105 Å². The smallest absolute Gasteiger partial charge is 0.326 e. The maximum absolute atomic E-state index is 12.8. The van der Waals surface area contributed by atoms with Crippen LogP contribution in [-0.4, -0.2) is 47.4 Å². The van der Waals surface area contributed by atoms with Crippen LogP contribution in [0.5, 0.6) is 0 Å². The van der Waals surface area contributed by atoms with Gasteiger partial charge < -0.3 is 15.4 Å². The number of amides is 4. The minimum Gasteiger partial charge on any atom is -0.454 e. The average molecular weight is 403 g/mol. The van der Waals surface area contributed by atoms with Gasteiger partial charge in [-0.3, -0.25) is 19.3 Å². The Morgan fingerprint density at radius 2 is 1.66 bits per heavy atom. The number of benzene rings is 1. The minimum atomic E-state index is -0.957. The van der Waals surface area contributed by atoms with Crippen molar-refractivity contribution in [3.05, 3.63) is 29.3 Å². The molecule has 0 aliphatic carbocycles. The molecule has 1 aromatic rings. The molecule has 0 unspecified atom stereocenters. The van der Waals surface area contributed by atoms with E-state index in [-0.39, 0.29) is 0 Å². The van der Waals surface area contributed by atoms with Crippen LogP contribution in [0.3, 0.4) is 0 Å². The molecular weight excluding hydrogens is 374 g/mol. The number of esters is 1. The normalized spacial score (nSPS) is 15.2. The Hall–Kier alpha value is -2.90. The van der Waals surface area contributed by atoms with E-state index in [9.17, 15) is 19.2 Å². The summed E-state index contributed by atoms with van der Waals surface area (Å²) in [6, 6.07) is 4.99.